The Morgan fingerprint density at radius 3 is 1.52 bits per heavy atom. The molecule has 0 aromatic heterocycles. The Labute approximate surface area is 373 Å². The number of hydrogen-bond acceptors (Lipinski definition) is 11. The molecule has 0 bridgehead atoms. The van der Waals surface area contributed by atoms with Crippen LogP contribution in [0.4, 0.5) is 0 Å². The number of aliphatic hydroxyl groups excluding tert-OH is 3. The second kappa shape index (κ2) is 38.3. The van der Waals surface area contributed by atoms with Crippen LogP contribution in [0.15, 0.2) is 85.1 Å². The van der Waals surface area contributed by atoms with Gasteiger partial charge in [-0.05, 0) is 77.0 Å². The molecule has 1 aliphatic heterocycles. The van der Waals surface area contributed by atoms with Crippen LogP contribution in [-0.2, 0) is 38.7 Å². The molecule has 1 heterocycles. The van der Waals surface area contributed by atoms with Crippen LogP contribution >= 0.6 is 0 Å². The molecule has 0 radical (unpaired) electrons. The van der Waals surface area contributed by atoms with Gasteiger partial charge < -0.3 is 34.3 Å². The molecule has 2 unspecified atom stereocenters. The van der Waals surface area contributed by atoms with Crippen LogP contribution in [0.1, 0.15) is 155 Å². The predicted octanol–water partition coefficient (Wildman–Crippen LogP) is 9.67. The fourth-order valence-electron chi connectivity index (χ4n) is 6.40. The molecule has 0 amide bonds. The molecule has 6 atom stereocenters. The summed E-state index contributed by atoms with van der Waals surface area (Å²) in [7, 11) is -4.62. The first-order valence-electron chi connectivity index (χ1n) is 23.1. The number of carbonyl (C=O) groups excluding carboxylic acids is 2. The summed E-state index contributed by atoms with van der Waals surface area (Å²) in [5.74, 6) is -2.13. The third kappa shape index (κ3) is 32.5. The summed E-state index contributed by atoms with van der Waals surface area (Å²) in [6.45, 7) is 3.55. The summed E-state index contributed by atoms with van der Waals surface area (Å²) in [5, 5.41) is 30.9. The van der Waals surface area contributed by atoms with Crippen molar-refractivity contribution < 1.29 is 56.8 Å². The number of unbranched alkanes of at least 4 members (excludes halogenated alkanes) is 11. The second-order valence-corrected chi connectivity index (χ2v) is 17.2. The average Bonchev–Trinajstić information content (AvgIpc) is 3.24. The molecule has 0 saturated carbocycles. The number of ether oxygens (including phenoxy) is 4. The summed E-state index contributed by atoms with van der Waals surface area (Å²) < 4.78 is 54.0. The zero-order chi connectivity index (χ0) is 45.5. The third-order valence-corrected chi connectivity index (χ3v) is 10.7. The molecule has 0 aromatic carbocycles. The molecule has 0 aliphatic carbocycles. The van der Waals surface area contributed by atoms with E-state index >= 15 is 0 Å². The minimum absolute atomic E-state index is 0.0728. The van der Waals surface area contributed by atoms with Gasteiger partial charge in [-0.2, -0.15) is 8.42 Å². The topological polar surface area (TPSA) is 186 Å². The van der Waals surface area contributed by atoms with Crippen LogP contribution in [0.5, 0.6) is 0 Å². The van der Waals surface area contributed by atoms with Gasteiger partial charge in [0.2, 0.25) is 0 Å². The maximum Gasteiger partial charge on any atom is 0.306 e. The van der Waals surface area contributed by atoms with E-state index in [0.29, 0.717) is 25.7 Å². The maximum atomic E-state index is 12.8. The fraction of sp³-hybridized carbons (Fsp3) is 0.673. The van der Waals surface area contributed by atoms with Crippen LogP contribution in [-0.4, -0.2) is 96.0 Å². The van der Waals surface area contributed by atoms with E-state index in [-0.39, 0.29) is 19.4 Å². The van der Waals surface area contributed by atoms with E-state index in [1.165, 1.54) is 57.8 Å². The van der Waals surface area contributed by atoms with Gasteiger partial charge in [0.1, 0.15) is 36.8 Å². The van der Waals surface area contributed by atoms with E-state index < -0.39 is 71.2 Å². The summed E-state index contributed by atoms with van der Waals surface area (Å²) in [6, 6.07) is 0. The molecule has 1 aliphatic rings. The number of rotatable bonds is 37. The summed E-state index contributed by atoms with van der Waals surface area (Å²) >= 11 is 0. The Hall–Kier alpha value is -3.17. The van der Waals surface area contributed by atoms with E-state index in [1.807, 2.05) is 18.2 Å². The lowest BCUT2D eigenvalue weighted by atomic mass is 10.00. The van der Waals surface area contributed by atoms with E-state index in [0.717, 1.165) is 44.9 Å². The highest BCUT2D eigenvalue weighted by Gasteiger charge is 2.46. The van der Waals surface area contributed by atoms with Crippen molar-refractivity contribution in [3.8, 4) is 0 Å². The highest BCUT2D eigenvalue weighted by atomic mass is 32.2. The Balaban J connectivity index is 2.52. The van der Waals surface area contributed by atoms with Crippen LogP contribution in [0.2, 0.25) is 0 Å². The van der Waals surface area contributed by atoms with Crippen LogP contribution in [0.3, 0.4) is 0 Å². The van der Waals surface area contributed by atoms with Crippen molar-refractivity contribution in [2.45, 2.75) is 192 Å². The number of hydrogen-bond donors (Lipinski definition) is 4. The fourth-order valence-corrected chi connectivity index (χ4v) is 7.09. The van der Waals surface area contributed by atoms with Crippen molar-refractivity contribution in [3.05, 3.63) is 85.1 Å². The van der Waals surface area contributed by atoms with Crippen molar-refractivity contribution in [2.24, 2.45) is 0 Å². The average molecular weight is 893 g/mol. The molecule has 0 spiro atoms. The van der Waals surface area contributed by atoms with E-state index in [4.69, 9.17) is 18.9 Å². The first kappa shape index (κ1) is 56.8. The van der Waals surface area contributed by atoms with Gasteiger partial charge >= 0.3 is 11.9 Å². The van der Waals surface area contributed by atoms with Gasteiger partial charge in [-0.1, -0.05) is 150 Å². The normalized spacial score (nSPS) is 20.6. The van der Waals surface area contributed by atoms with Crippen molar-refractivity contribution in [2.75, 3.05) is 19.0 Å². The molecule has 4 N–H and O–H groups in total. The van der Waals surface area contributed by atoms with Crippen molar-refractivity contribution in [1.82, 2.24) is 0 Å². The Morgan fingerprint density at radius 2 is 1.02 bits per heavy atom. The summed E-state index contributed by atoms with van der Waals surface area (Å²) in [5.41, 5.74) is 0. The largest absolute Gasteiger partial charge is 0.462 e. The van der Waals surface area contributed by atoms with Gasteiger partial charge in [0.05, 0.1) is 6.61 Å². The Bertz CT molecular complexity index is 1460. The van der Waals surface area contributed by atoms with Gasteiger partial charge in [-0.25, -0.2) is 0 Å². The Kier molecular flexibility index (Phi) is 35.1. The second-order valence-electron chi connectivity index (χ2n) is 15.7. The minimum atomic E-state index is -4.62. The number of allylic oxidation sites excluding steroid dienone is 14. The molecule has 1 rings (SSSR count). The first-order chi connectivity index (χ1) is 30.0. The third-order valence-electron chi connectivity index (χ3n) is 9.96. The van der Waals surface area contributed by atoms with Gasteiger partial charge in [0.15, 0.2) is 12.4 Å². The molecule has 1 fully saturated rings. The SMILES string of the molecule is CC/C=C/C/C=C/C/C=C/C/C=C/C/C=C/CCCC(=O)O[C@H](COC(=O)CCC/C=C/C/C=C/CCCCCCCCCCC)CO[C@H]1O[C@H](CS(=O)(=O)O)[C@@H](O)C(O)C1O. The molecule has 62 heavy (non-hydrogen) atoms. The summed E-state index contributed by atoms with van der Waals surface area (Å²) in [4.78, 5) is 25.4. The standard InChI is InChI=1S/C49H80O12S/c1-3-5-7-9-11-13-15-17-19-21-23-25-27-29-31-33-35-37-44(50)58-39-42(40-59-49-48(54)47(53)46(52)43(61-49)41-62(55,56)57)60-45(51)38-36-34-32-30-28-26-24-22-20-18-16-14-12-10-8-6-4-2/h6,8,12,14,18,20,23-26,29-32,42-43,46-49,52-54H,3-5,7,9-11,13,15-17,19,21-22,27-28,33-41H2,1-2H3,(H,55,56,57)/b8-6+,14-12+,20-18+,25-23+,26-24+,31-29+,32-30+/t42-,43-,46-,47?,48?,49+/m1/s1. The molecule has 13 heteroatoms. The van der Waals surface area contributed by atoms with E-state index in [1.54, 1.807) is 0 Å². The minimum Gasteiger partial charge on any atom is -0.462 e. The maximum absolute atomic E-state index is 12.8. The number of aliphatic hydroxyl groups is 3. The van der Waals surface area contributed by atoms with Crippen molar-refractivity contribution >= 4 is 22.1 Å². The molecule has 354 valence electrons. The lowest BCUT2D eigenvalue weighted by Gasteiger charge is -2.40. The number of carbonyl (C=O) groups is 2. The first-order valence-corrected chi connectivity index (χ1v) is 24.8. The van der Waals surface area contributed by atoms with Crippen molar-refractivity contribution in [1.29, 1.82) is 0 Å². The summed E-state index contributed by atoms with van der Waals surface area (Å²) in [6.07, 6.45) is 40.7. The number of esters is 2. The molecule has 1 saturated heterocycles. The zero-order valence-corrected chi connectivity index (χ0v) is 38.5. The monoisotopic (exact) mass is 893 g/mol. The Morgan fingerprint density at radius 1 is 0.565 bits per heavy atom. The molecular weight excluding hydrogens is 813 g/mol. The van der Waals surface area contributed by atoms with Gasteiger partial charge in [-0.3, -0.25) is 14.1 Å². The predicted molar refractivity (Wildman–Crippen MR) is 247 cm³/mol. The smallest absolute Gasteiger partial charge is 0.306 e. The quantitative estimate of drug-likeness (QED) is 0.0201. The van der Waals surface area contributed by atoms with Crippen LogP contribution < -0.4 is 0 Å². The zero-order valence-electron chi connectivity index (χ0n) is 37.7. The van der Waals surface area contributed by atoms with E-state index in [2.05, 4.69) is 80.7 Å². The van der Waals surface area contributed by atoms with E-state index in [9.17, 15) is 37.9 Å². The van der Waals surface area contributed by atoms with Gasteiger partial charge in [0.25, 0.3) is 10.1 Å². The van der Waals surface area contributed by atoms with Gasteiger partial charge in [-0.15, -0.1) is 0 Å². The molecule has 12 nitrogen and oxygen atoms in total. The molecular formula is C49H80O12S. The lowest BCUT2D eigenvalue weighted by Crippen LogP contribution is -2.60. The van der Waals surface area contributed by atoms with Crippen LogP contribution in [0, 0.1) is 0 Å². The highest BCUT2D eigenvalue weighted by Crippen LogP contribution is 2.24. The van der Waals surface area contributed by atoms with Crippen LogP contribution in [0.25, 0.3) is 0 Å². The van der Waals surface area contributed by atoms with Crippen molar-refractivity contribution in [3.63, 3.8) is 0 Å². The molecule has 0 aromatic rings. The lowest BCUT2D eigenvalue weighted by molar-refractivity contribution is -0.297. The van der Waals surface area contributed by atoms with Gasteiger partial charge in [0, 0.05) is 12.8 Å². The highest BCUT2D eigenvalue weighted by molar-refractivity contribution is 7.85.